The zero-order valence-corrected chi connectivity index (χ0v) is 23.8. The van der Waals surface area contributed by atoms with Crippen molar-refractivity contribution in [2.75, 3.05) is 11.9 Å². The molecule has 3 aromatic rings. The number of rotatable bonds is 14. The van der Waals surface area contributed by atoms with Crippen LogP contribution in [0.2, 0.25) is 0 Å². The lowest BCUT2D eigenvalue weighted by atomic mass is 9.98. The lowest BCUT2D eigenvalue weighted by molar-refractivity contribution is -0.202. The third kappa shape index (κ3) is 10.8. The molecule has 0 spiro atoms. The van der Waals surface area contributed by atoms with Crippen LogP contribution in [0.15, 0.2) is 79.0 Å². The largest absolute Gasteiger partial charge is 0.491 e. The fraction of sp³-hybridized carbons (Fsp3) is 0.323. The topological polar surface area (TPSA) is 147 Å². The molecule has 0 saturated carbocycles. The van der Waals surface area contributed by atoms with E-state index in [1.54, 1.807) is 42.6 Å². The third-order valence-electron chi connectivity index (χ3n) is 6.43. The molecule has 0 aliphatic heterocycles. The minimum atomic E-state index is -5.39. The molecule has 0 fully saturated rings. The van der Waals surface area contributed by atoms with Gasteiger partial charge in [-0.25, -0.2) is 9.78 Å². The molecule has 0 aliphatic carbocycles. The first-order valence-corrected chi connectivity index (χ1v) is 13.8. The Bertz CT molecular complexity index is 1390. The second-order valence-electron chi connectivity index (χ2n) is 9.90. The predicted molar refractivity (Wildman–Crippen MR) is 155 cm³/mol. The van der Waals surface area contributed by atoms with Gasteiger partial charge in [0.1, 0.15) is 11.9 Å². The number of esters is 2. The maximum atomic E-state index is 13.2. The number of unbranched alkanes of at least 4 members (excludes halogenated alkanes) is 1. The monoisotopic (exact) mass is 614 g/mol. The number of nitrogens with zero attached hydrogens (tertiary/aromatic N) is 1. The quantitative estimate of drug-likeness (QED) is 0.121. The number of carbonyl (C=O) groups is 4. The van der Waals surface area contributed by atoms with Crippen molar-refractivity contribution in [1.29, 1.82) is 0 Å². The first-order valence-electron chi connectivity index (χ1n) is 13.8. The molecule has 44 heavy (non-hydrogen) atoms. The van der Waals surface area contributed by atoms with E-state index in [9.17, 15) is 37.5 Å². The number of ether oxygens (including phenoxy) is 1. The number of aromatic nitrogens is 1. The summed E-state index contributed by atoms with van der Waals surface area (Å²) in [4.78, 5) is 53.4. The van der Waals surface area contributed by atoms with E-state index in [2.05, 4.69) is 25.7 Å². The van der Waals surface area contributed by atoms with E-state index in [4.69, 9.17) is 0 Å². The maximum absolute atomic E-state index is 13.2. The van der Waals surface area contributed by atoms with E-state index in [1.807, 2.05) is 36.4 Å². The second-order valence-corrected chi connectivity index (χ2v) is 9.90. The fourth-order valence-corrected chi connectivity index (χ4v) is 4.17. The molecule has 1 aromatic heterocycles. The highest BCUT2D eigenvalue weighted by atomic mass is 19.4. The van der Waals surface area contributed by atoms with Gasteiger partial charge in [-0.15, -0.1) is 0 Å². The zero-order valence-electron chi connectivity index (χ0n) is 23.8. The molecule has 3 atom stereocenters. The van der Waals surface area contributed by atoms with Crippen molar-refractivity contribution < 1.29 is 42.2 Å². The third-order valence-corrected chi connectivity index (χ3v) is 6.43. The van der Waals surface area contributed by atoms with Gasteiger partial charge in [-0.05, 0) is 48.6 Å². The highest BCUT2D eigenvalue weighted by molar-refractivity contribution is 5.90. The Balaban J connectivity index is 1.66. The Hall–Kier alpha value is -4.78. The van der Waals surface area contributed by atoms with E-state index in [0.29, 0.717) is 30.8 Å². The summed E-state index contributed by atoms with van der Waals surface area (Å²) in [6.07, 6.45) is -4.79. The Morgan fingerprint density at radius 1 is 0.886 bits per heavy atom. The standard InChI is InChI=1S/C31H33F3N4O6/c1-20(39)28(38-26(40)12-6-8-18-36-25-11-5-7-17-35-25)29(42)37-24(19-27(41)44-30(43)31(32,33)34)23-15-13-22(14-16-23)21-9-3-2-4-10-21/h2-5,7,9-11,13-17,20,24,28,39H,6,8,12,18-19H2,1H3,(H,35,36)(H,37,42)(H,38,40)/t20?,24?,28-/m1/s1. The van der Waals surface area contributed by atoms with Crippen molar-refractivity contribution in [3.63, 3.8) is 0 Å². The van der Waals surface area contributed by atoms with E-state index < -0.39 is 54.5 Å². The van der Waals surface area contributed by atoms with Gasteiger partial charge < -0.3 is 25.8 Å². The van der Waals surface area contributed by atoms with Crippen LogP contribution in [0.3, 0.4) is 0 Å². The van der Waals surface area contributed by atoms with Crippen LogP contribution in [-0.4, -0.2) is 58.7 Å². The molecule has 2 aromatic carbocycles. The Labute approximate surface area is 252 Å². The Kier molecular flexibility index (Phi) is 12.4. The van der Waals surface area contributed by atoms with Crippen LogP contribution in [0.1, 0.15) is 44.2 Å². The number of aliphatic hydroxyl groups is 1. The van der Waals surface area contributed by atoms with Gasteiger partial charge in [-0.1, -0.05) is 60.7 Å². The number of halogens is 3. The van der Waals surface area contributed by atoms with Crippen LogP contribution >= 0.6 is 0 Å². The van der Waals surface area contributed by atoms with Gasteiger partial charge in [-0.3, -0.25) is 14.4 Å². The van der Waals surface area contributed by atoms with E-state index in [1.165, 1.54) is 6.92 Å². The molecule has 4 N–H and O–H groups in total. The summed E-state index contributed by atoms with van der Waals surface area (Å²) < 4.78 is 41.8. The van der Waals surface area contributed by atoms with Crippen molar-refractivity contribution in [2.24, 2.45) is 0 Å². The van der Waals surface area contributed by atoms with E-state index in [-0.39, 0.29) is 6.42 Å². The number of hydrogen-bond acceptors (Lipinski definition) is 8. The maximum Gasteiger partial charge on any atom is 0.491 e. The van der Waals surface area contributed by atoms with Crippen LogP contribution in [-0.2, 0) is 23.9 Å². The zero-order chi connectivity index (χ0) is 32.1. The number of anilines is 1. The summed E-state index contributed by atoms with van der Waals surface area (Å²) in [5.41, 5.74) is 1.98. The van der Waals surface area contributed by atoms with Crippen molar-refractivity contribution in [1.82, 2.24) is 15.6 Å². The van der Waals surface area contributed by atoms with Crippen molar-refractivity contribution in [2.45, 2.75) is 57.0 Å². The van der Waals surface area contributed by atoms with Gasteiger partial charge in [0.25, 0.3) is 0 Å². The van der Waals surface area contributed by atoms with Gasteiger partial charge >= 0.3 is 18.1 Å². The first-order chi connectivity index (χ1) is 20.9. The molecular weight excluding hydrogens is 581 g/mol. The summed E-state index contributed by atoms with van der Waals surface area (Å²) >= 11 is 0. The molecule has 0 aliphatic rings. The van der Waals surface area contributed by atoms with Crippen LogP contribution in [0, 0.1) is 0 Å². The molecule has 234 valence electrons. The summed E-state index contributed by atoms with van der Waals surface area (Å²) in [5.74, 6) is -4.92. The number of alkyl halides is 3. The average Bonchev–Trinajstić information content (AvgIpc) is 2.99. The average molecular weight is 615 g/mol. The Morgan fingerprint density at radius 3 is 2.16 bits per heavy atom. The number of amides is 2. The van der Waals surface area contributed by atoms with Crippen LogP contribution in [0.5, 0.6) is 0 Å². The molecule has 0 saturated heterocycles. The summed E-state index contributed by atoms with van der Waals surface area (Å²) in [6.45, 7) is 1.84. The second kappa shape index (κ2) is 16.2. The molecule has 1 heterocycles. The van der Waals surface area contributed by atoms with Crippen molar-refractivity contribution in [3.05, 3.63) is 84.6 Å². The highest BCUT2D eigenvalue weighted by Gasteiger charge is 2.42. The molecule has 2 unspecified atom stereocenters. The number of nitrogens with one attached hydrogen (secondary N) is 3. The summed E-state index contributed by atoms with van der Waals surface area (Å²) in [5, 5.41) is 18.3. The number of carbonyl (C=O) groups excluding carboxylic acids is 4. The molecule has 0 bridgehead atoms. The number of hydrogen-bond donors (Lipinski definition) is 4. The molecule has 10 nitrogen and oxygen atoms in total. The minimum absolute atomic E-state index is 0.0522. The van der Waals surface area contributed by atoms with E-state index in [0.717, 1.165) is 11.1 Å². The first kappa shape index (κ1) is 33.7. The van der Waals surface area contributed by atoms with Crippen LogP contribution in [0.4, 0.5) is 19.0 Å². The number of aliphatic hydroxyl groups excluding tert-OH is 1. The lowest BCUT2D eigenvalue weighted by Crippen LogP contribution is -2.53. The van der Waals surface area contributed by atoms with Crippen LogP contribution < -0.4 is 16.0 Å². The Morgan fingerprint density at radius 2 is 1.55 bits per heavy atom. The SMILES string of the molecule is CC(O)[C@@H](NC(=O)CCCCNc1ccccn1)C(=O)NC(CC(=O)OC(=O)C(F)(F)F)c1ccc(-c2ccccc2)cc1. The number of benzene rings is 2. The van der Waals surface area contributed by atoms with Gasteiger partial charge in [0.15, 0.2) is 0 Å². The molecule has 3 rings (SSSR count). The van der Waals surface area contributed by atoms with Gasteiger partial charge in [0.05, 0.1) is 18.6 Å². The van der Waals surface area contributed by atoms with Gasteiger partial charge in [0.2, 0.25) is 11.8 Å². The fourth-order valence-electron chi connectivity index (χ4n) is 4.17. The predicted octanol–water partition coefficient (Wildman–Crippen LogP) is 4.08. The van der Waals surface area contributed by atoms with Gasteiger partial charge in [0, 0.05) is 19.2 Å². The number of pyridine rings is 1. The molecular formula is C31H33F3N4O6. The smallest absolute Gasteiger partial charge is 0.391 e. The van der Waals surface area contributed by atoms with Crippen LogP contribution in [0.25, 0.3) is 11.1 Å². The molecule has 13 heteroatoms. The highest BCUT2D eigenvalue weighted by Crippen LogP contribution is 2.25. The van der Waals surface area contributed by atoms with E-state index >= 15 is 0 Å². The summed E-state index contributed by atoms with van der Waals surface area (Å²) in [6, 6.07) is 18.5. The summed E-state index contributed by atoms with van der Waals surface area (Å²) in [7, 11) is 0. The van der Waals surface area contributed by atoms with Gasteiger partial charge in [-0.2, -0.15) is 13.2 Å². The lowest BCUT2D eigenvalue weighted by Gasteiger charge is -2.25. The van der Waals surface area contributed by atoms with Crippen molar-refractivity contribution in [3.8, 4) is 11.1 Å². The molecule has 0 radical (unpaired) electrons. The molecule has 2 amide bonds. The van der Waals surface area contributed by atoms with Crippen molar-refractivity contribution >= 4 is 29.6 Å². The normalized spacial score (nSPS) is 13.2. The minimum Gasteiger partial charge on any atom is -0.391 e.